The summed E-state index contributed by atoms with van der Waals surface area (Å²) in [7, 11) is 0. The van der Waals surface area contributed by atoms with Gasteiger partial charge in [0.1, 0.15) is 17.8 Å². The van der Waals surface area contributed by atoms with E-state index < -0.39 is 41.6 Å². The quantitative estimate of drug-likeness (QED) is 0.726. The Balaban J connectivity index is 1.70. The van der Waals surface area contributed by atoms with Gasteiger partial charge >= 0.3 is 6.03 Å². The highest BCUT2D eigenvalue weighted by molar-refractivity contribution is 6.10. The molecule has 4 amide bonds. The fraction of sp³-hybridized carbons (Fsp3) is 0.250. The van der Waals surface area contributed by atoms with E-state index in [0.717, 1.165) is 17.0 Å². The number of nitrogens with zero attached hydrogens (tertiary/aromatic N) is 1. The van der Waals surface area contributed by atoms with Crippen LogP contribution in [0.2, 0.25) is 0 Å². The van der Waals surface area contributed by atoms with E-state index in [4.69, 9.17) is 4.74 Å². The van der Waals surface area contributed by atoms with Crippen LogP contribution in [0, 0.1) is 11.6 Å². The number of nitrogens with one attached hydrogen (secondary N) is 2. The van der Waals surface area contributed by atoms with Gasteiger partial charge in [0, 0.05) is 5.69 Å². The van der Waals surface area contributed by atoms with Gasteiger partial charge in [0.25, 0.3) is 5.91 Å². The summed E-state index contributed by atoms with van der Waals surface area (Å²) in [5.41, 5.74) is -1.07. The molecule has 152 valence electrons. The molecule has 1 aliphatic heterocycles. The number of rotatable bonds is 6. The third-order valence-corrected chi connectivity index (χ3v) is 4.52. The molecule has 0 aromatic heterocycles. The first-order valence-corrected chi connectivity index (χ1v) is 8.87. The van der Waals surface area contributed by atoms with Crippen LogP contribution in [-0.4, -0.2) is 35.9 Å². The maximum Gasteiger partial charge on any atom is 0.325 e. The summed E-state index contributed by atoms with van der Waals surface area (Å²) in [6, 6.07) is 8.72. The van der Waals surface area contributed by atoms with Crippen LogP contribution in [0.3, 0.4) is 0 Å². The summed E-state index contributed by atoms with van der Waals surface area (Å²) >= 11 is 0. The topological polar surface area (TPSA) is 87.7 Å². The van der Waals surface area contributed by atoms with Crippen molar-refractivity contribution in [2.45, 2.75) is 19.4 Å². The van der Waals surface area contributed by atoms with Gasteiger partial charge in [-0.25, -0.2) is 13.6 Å². The number of imide groups is 1. The molecule has 1 unspecified atom stereocenters. The predicted molar refractivity (Wildman–Crippen MR) is 100 cm³/mol. The van der Waals surface area contributed by atoms with E-state index in [1.807, 2.05) is 6.92 Å². The van der Waals surface area contributed by atoms with Gasteiger partial charge in [0.15, 0.2) is 11.6 Å². The number of ether oxygens (including phenoxy) is 1. The van der Waals surface area contributed by atoms with Crippen molar-refractivity contribution in [3.63, 3.8) is 0 Å². The lowest BCUT2D eigenvalue weighted by molar-refractivity contribution is -0.133. The van der Waals surface area contributed by atoms with Gasteiger partial charge < -0.3 is 15.4 Å². The molecule has 0 spiro atoms. The number of carbonyl (C=O) groups is 3. The fourth-order valence-electron chi connectivity index (χ4n) is 2.99. The van der Waals surface area contributed by atoms with Crippen molar-refractivity contribution in [2.24, 2.45) is 0 Å². The van der Waals surface area contributed by atoms with Gasteiger partial charge in [0.2, 0.25) is 5.91 Å². The summed E-state index contributed by atoms with van der Waals surface area (Å²) in [5.74, 6) is -2.90. The maximum atomic E-state index is 13.6. The summed E-state index contributed by atoms with van der Waals surface area (Å²) in [6.45, 7) is 3.19. The summed E-state index contributed by atoms with van der Waals surface area (Å²) in [4.78, 5) is 38.0. The second kappa shape index (κ2) is 7.86. The number of amides is 4. The number of anilines is 1. The predicted octanol–water partition coefficient (Wildman–Crippen LogP) is 2.77. The number of halogens is 2. The number of carbonyl (C=O) groups excluding carboxylic acids is 3. The molecule has 29 heavy (non-hydrogen) atoms. The smallest absolute Gasteiger partial charge is 0.325 e. The van der Waals surface area contributed by atoms with Crippen molar-refractivity contribution in [3.05, 3.63) is 59.7 Å². The van der Waals surface area contributed by atoms with Crippen LogP contribution in [0.15, 0.2) is 42.5 Å². The number of urea groups is 1. The SMILES string of the molecule is CCOc1ccc(NC(=O)CN2C(=O)NC(C)(c3ccc(F)c(F)c3)C2=O)cc1. The molecule has 1 heterocycles. The molecule has 9 heteroatoms. The average Bonchev–Trinajstić information content (AvgIpc) is 2.90. The highest BCUT2D eigenvalue weighted by atomic mass is 19.2. The first kappa shape index (κ1) is 20.2. The highest BCUT2D eigenvalue weighted by Crippen LogP contribution is 2.29. The standard InChI is InChI=1S/C20H19F2N3O4/c1-3-29-14-7-5-13(6-8-14)23-17(26)11-25-18(27)20(2,24-19(25)28)12-4-9-15(21)16(22)10-12/h4-10H,3,11H2,1-2H3,(H,23,26)(H,24,28). The van der Waals surface area contributed by atoms with Gasteiger partial charge in [-0.05, 0) is 55.8 Å². The van der Waals surface area contributed by atoms with Crippen LogP contribution in [0.5, 0.6) is 5.75 Å². The maximum absolute atomic E-state index is 13.6. The van der Waals surface area contributed by atoms with Crippen molar-refractivity contribution in [1.82, 2.24) is 10.2 Å². The largest absolute Gasteiger partial charge is 0.494 e. The first-order valence-electron chi connectivity index (χ1n) is 8.87. The van der Waals surface area contributed by atoms with Gasteiger partial charge in [0.05, 0.1) is 6.61 Å². The molecule has 2 N–H and O–H groups in total. The molecule has 7 nitrogen and oxygen atoms in total. The van der Waals surface area contributed by atoms with E-state index in [0.29, 0.717) is 18.0 Å². The minimum atomic E-state index is -1.61. The van der Waals surface area contributed by atoms with Gasteiger partial charge in [-0.3, -0.25) is 14.5 Å². The van der Waals surface area contributed by atoms with Crippen LogP contribution in [0.4, 0.5) is 19.3 Å². The second-order valence-electron chi connectivity index (χ2n) is 6.58. The summed E-state index contributed by atoms with van der Waals surface area (Å²) in [5, 5.41) is 5.02. The van der Waals surface area contributed by atoms with E-state index in [1.165, 1.54) is 13.0 Å². The lowest BCUT2D eigenvalue weighted by Gasteiger charge is -2.22. The molecule has 1 atom stereocenters. The Morgan fingerprint density at radius 3 is 2.45 bits per heavy atom. The van der Waals surface area contributed by atoms with Crippen LogP contribution < -0.4 is 15.4 Å². The van der Waals surface area contributed by atoms with Gasteiger partial charge in [-0.1, -0.05) is 6.07 Å². The Morgan fingerprint density at radius 2 is 1.83 bits per heavy atom. The number of hydrogen-bond acceptors (Lipinski definition) is 4. The van der Waals surface area contributed by atoms with Crippen molar-refractivity contribution in [1.29, 1.82) is 0 Å². The zero-order valence-electron chi connectivity index (χ0n) is 15.8. The molecule has 1 aliphatic rings. The minimum Gasteiger partial charge on any atom is -0.494 e. The van der Waals surface area contributed by atoms with E-state index in [1.54, 1.807) is 24.3 Å². The van der Waals surface area contributed by atoms with Crippen molar-refractivity contribution < 1.29 is 27.9 Å². The Hall–Kier alpha value is -3.49. The molecule has 0 bridgehead atoms. The molecule has 0 saturated carbocycles. The van der Waals surface area contributed by atoms with E-state index in [9.17, 15) is 23.2 Å². The van der Waals surface area contributed by atoms with E-state index in [2.05, 4.69) is 10.6 Å². The Morgan fingerprint density at radius 1 is 1.14 bits per heavy atom. The van der Waals surface area contributed by atoms with Crippen LogP contribution >= 0.6 is 0 Å². The molecule has 3 rings (SSSR count). The average molecular weight is 403 g/mol. The lowest BCUT2D eigenvalue weighted by atomic mass is 9.92. The third kappa shape index (κ3) is 4.03. The Kier molecular flexibility index (Phi) is 5.49. The number of hydrogen-bond donors (Lipinski definition) is 2. The monoisotopic (exact) mass is 403 g/mol. The van der Waals surface area contributed by atoms with Crippen LogP contribution in [-0.2, 0) is 15.1 Å². The van der Waals surface area contributed by atoms with Crippen molar-refractivity contribution >= 4 is 23.5 Å². The summed E-state index contributed by atoms with van der Waals surface area (Å²) < 4.78 is 32.1. The first-order chi connectivity index (χ1) is 13.7. The van der Waals surface area contributed by atoms with Gasteiger partial charge in [-0.15, -0.1) is 0 Å². The van der Waals surface area contributed by atoms with Crippen molar-refractivity contribution in [3.8, 4) is 5.75 Å². The molecule has 2 aromatic rings. The Bertz CT molecular complexity index is 965. The van der Waals surface area contributed by atoms with E-state index >= 15 is 0 Å². The fourth-order valence-corrected chi connectivity index (χ4v) is 2.99. The minimum absolute atomic E-state index is 0.0733. The molecular weight excluding hydrogens is 384 g/mol. The molecule has 1 fully saturated rings. The van der Waals surface area contributed by atoms with Crippen LogP contribution in [0.1, 0.15) is 19.4 Å². The molecule has 0 aliphatic carbocycles. The van der Waals surface area contributed by atoms with Gasteiger partial charge in [-0.2, -0.15) is 0 Å². The third-order valence-electron chi connectivity index (χ3n) is 4.52. The zero-order valence-corrected chi connectivity index (χ0v) is 15.8. The van der Waals surface area contributed by atoms with Crippen molar-refractivity contribution in [2.75, 3.05) is 18.5 Å². The molecule has 2 aromatic carbocycles. The highest BCUT2D eigenvalue weighted by Gasteiger charge is 2.49. The molecular formula is C20H19F2N3O4. The molecule has 0 radical (unpaired) electrons. The van der Waals surface area contributed by atoms with E-state index in [-0.39, 0.29) is 5.56 Å². The zero-order chi connectivity index (χ0) is 21.2. The summed E-state index contributed by atoms with van der Waals surface area (Å²) in [6.07, 6.45) is 0. The second-order valence-corrected chi connectivity index (χ2v) is 6.58. The van der Waals surface area contributed by atoms with Crippen LogP contribution in [0.25, 0.3) is 0 Å². The Labute approximate surface area is 165 Å². The molecule has 1 saturated heterocycles. The lowest BCUT2D eigenvalue weighted by Crippen LogP contribution is -2.42. The number of benzene rings is 2. The normalized spacial score (nSPS) is 18.6.